The van der Waals surface area contributed by atoms with Crippen molar-refractivity contribution in [3.8, 4) is 0 Å². The van der Waals surface area contributed by atoms with E-state index in [2.05, 4.69) is 10.6 Å². The van der Waals surface area contributed by atoms with Crippen molar-refractivity contribution in [2.45, 2.75) is 31.3 Å². The summed E-state index contributed by atoms with van der Waals surface area (Å²) in [6.07, 6.45) is 2.80. The van der Waals surface area contributed by atoms with Gasteiger partial charge in [-0.15, -0.1) is 0 Å². The van der Waals surface area contributed by atoms with E-state index in [0.29, 0.717) is 6.61 Å². The first-order valence-corrected chi connectivity index (χ1v) is 6.75. The van der Waals surface area contributed by atoms with Crippen molar-refractivity contribution in [3.63, 3.8) is 0 Å². The van der Waals surface area contributed by atoms with Crippen molar-refractivity contribution in [1.82, 2.24) is 10.6 Å². The Morgan fingerprint density at radius 2 is 2.21 bits per heavy atom. The van der Waals surface area contributed by atoms with Gasteiger partial charge in [0, 0.05) is 12.3 Å². The van der Waals surface area contributed by atoms with Crippen LogP contribution in [0.4, 0.5) is 10.5 Å². The maximum absolute atomic E-state index is 11.9. The Kier molecular flexibility index (Phi) is 3.29. The van der Waals surface area contributed by atoms with Gasteiger partial charge in [0.2, 0.25) is 0 Å². The molecule has 0 bridgehead atoms. The van der Waals surface area contributed by atoms with E-state index in [0.717, 1.165) is 31.6 Å². The highest BCUT2D eigenvalue weighted by atomic mass is 16.5. The number of hydrogen-bond donors (Lipinski definition) is 3. The number of nitrogens with one attached hydrogen (secondary N) is 2. The summed E-state index contributed by atoms with van der Waals surface area (Å²) in [5.74, 6) is 0. The van der Waals surface area contributed by atoms with Gasteiger partial charge in [0.1, 0.15) is 0 Å². The molecule has 1 saturated heterocycles. The Morgan fingerprint density at radius 3 is 3.00 bits per heavy atom. The van der Waals surface area contributed by atoms with E-state index in [9.17, 15) is 4.79 Å². The molecule has 102 valence electrons. The lowest BCUT2D eigenvalue weighted by Gasteiger charge is -2.17. The predicted molar refractivity (Wildman–Crippen MR) is 72.8 cm³/mol. The Labute approximate surface area is 112 Å². The van der Waals surface area contributed by atoms with E-state index in [-0.39, 0.29) is 18.1 Å². The summed E-state index contributed by atoms with van der Waals surface area (Å²) in [4.78, 5) is 11.9. The van der Waals surface area contributed by atoms with Crippen molar-refractivity contribution >= 4 is 11.7 Å². The van der Waals surface area contributed by atoms with Gasteiger partial charge < -0.3 is 21.1 Å². The number of ether oxygens (including phenoxy) is 1. The molecule has 0 aromatic heterocycles. The number of urea groups is 1. The Morgan fingerprint density at radius 1 is 1.32 bits per heavy atom. The van der Waals surface area contributed by atoms with Gasteiger partial charge in [-0.05, 0) is 42.5 Å². The lowest BCUT2D eigenvalue weighted by atomic mass is 10.1. The Hall–Kier alpha value is -1.75. The zero-order valence-electron chi connectivity index (χ0n) is 10.8. The average Bonchev–Trinajstić information content (AvgIpc) is 2.99. The summed E-state index contributed by atoms with van der Waals surface area (Å²) in [6.45, 7) is 1.35. The van der Waals surface area contributed by atoms with Crippen LogP contribution in [0.5, 0.6) is 0 Å². The van der Waals surface area contributed by atoms with Crippen LogP contribution in [-0.4, -0.2) is 25.3 Å². The molecule has 1 heterocycles. The highest BCUT2D eigenvalue weighted by Crippen LogP contribution is 2.32. The van der Waals surface area contributed by atoms with Crippen LogP contribution in [0.15, 0.2) is 18.2 Å². The molecular formula is C14H19N3O2. The van der Waals surface area contributed by atoms with Crippen molar-refractivity contribution in [2.24, 2.45) is 0 Å². The first-order valence-electron chi connectivity index (χ1n) is 6.75. The number of carbonyl (C=O) groups excluding carboxylic acids is 1. The SMILES string of the molecule is Nc1ccc2c(c1)CCC2NC(=O)NC1CCOC1. The first kappa shape index (κ1) is 12.3. The summed E-state index contributed by atoms with van der Waals surface area (Å²) in [5.41, 5.74) is 8.99. The number of aryl methyl sites for hydroxylation is 1. The molecule has 1 aliphatic carbocycles. The molecule has 0 spiro atoms. The summed E-state index contributed by atoms with van der Waals surface area (Å²) >= 11 is 0. The third-order valence-electron chi connectivity index (χ3n) is 3.82. The molecule has 2 amide bonds. The molecule has 1 aromatic carbocycles. The normalized spacial score (nSPS) is 25.1. The molecule has 1 fully saturated rings. The number of anilines is 1. The van der Waals surface area contributed by atoms with Gasteiger partial charge in [-0.1, -0.05) is 6.07 Å². The van der Waals surface area contributed by atoms with Gasteiger partial charge in [-0.25, -0.2) is 4.79 Å². The third-order valence-corrected chi connectivity index (χ3v) is 3.82. The van der Waals surface area contributed by atoms with E-state index >= 15 is 0 Å². The number of amides is 2. The molecule has 1 aromatic rings. The summed E-state index contributed by atoms with van der Waals surface area (Å²) in [5, 5.41) is 5.98. The second-order valence-electron chi connectivity index (χ2n) is 5.23. The highest BCUT2D eigenvalue weighted by Gasteiger charge is 2.25. The average molecular weight is 261 g/mol. The second kappa shape index (κ2) is 5.09. The molecule has 5 nitrogen and oxygen atoms in total. The number of fused-ring (bicyclic) bond motifs is 1. The van der Waals surface area contributed by atoms with E-state index in [1.54, 1.807) is 0 Å². The fourth-order valence-corrected chi connectivity index (χ4v) is 2.82. The first-order chi connectivity index (χ1) is 9.22. The quantitative estimate of drug-likeness (QED) is 0.703. The van der Waals surface area contributed by atoms with E-state index in [4.69, 9.17) is 10.5 Å². The molecule has 4 N–H and O–H groups in total. The van der Waals surface area contributed by atoms with Crippen molar-refractivity contribution < 1.29 is 9.53 Å². The minimum absolute atomic E-state index is 0.0953. The van der Waals surface area contributed by atoms with Crippen LogP contribution in [0.1, 0.15) is 30.0 Å². The van der Waals surface area contributed by atoms with Crippen LogP contribution < -0.4 is 16.4 Å². The van der Waals surface area contributed by atoms with Crippen LogP contribution >= 0.6 is 0 Å². The van der Waals surface area contributed by atoms with Crippen LogP contribution in [0.25, 0.3) is 0 Å². The molecule has 2 unspecified atom stereocenters. The second-order valence-corrected chi connectivity index (χ2v) is 5.23. The van der Waals surface area contributed by atoms with Crippen LogP contribution in [0.3, 0.4) is 0 Å². The van der Waals surface area contributed by atoms with Crippen LogP contribution in [0.2, 0.25) is 0 Å². The third kappa shape index (κ3) is 2.66. The van der Waals surface area contributed by atoms with Gasteiger partial charge in [0.25, 0.3) is 0 Å². The monoisotopic (exact) mass is 261 g/mol. The molecule has 0 saturated carbocycles. The number of nitrogens with two attached hydrogens (primary N) is 1. The predicted octanol–water partition coefficient (Wildman–Crippen LogP) is 1.34. The number of hydrogen-bond acceptors (Lipinski definition) is 3. The summed E-state index contributed by atoms with van der Waals surface area (Å²) in [6, 6.07) is 6.04. The van der Waals surface area contributed by atoms with Crippen LogP contribution in [-0.2, 0) is 11.2 Å². The molecule has 1 aliphatic heterocycles. The number of rotatable bonds is 2. The maximum Gasteiger partial charge on any atom is 0.315 e. The lowest BCUT2D eigenvalue weighted by molar-refractivity contribution is 0.188. The smallest absolute Gasteiger partial charge is 0.315 e. The molecule has 3 rings (SSSR count). The van der Waals surface area contributed by atoms with Gasteiger partial charge in [0.05, 0.1) is 18.7 Å². The van der Waals surface area contributed by atoms with Gasteiger partial charge in [0.15, 0.2) is 0 Å². The largest absolute Gasteiger partial charge is 0.399 e. The van der Waals surface area contributed by atoms with Crippen molar-refractivity contribution in [2.75, 3.05) is 18.9 Å². The topological polar surface area (TPSA) is 76.4 Å². The molecule has 5 heteroatoms. The molecule has 19 heavy (non-hydrogen) atoms. The molecular weight excluding hydrogens is 242 g/mol. The standard InChI is InChI=1S/C14H19N3O2/c15-10-2-3-12-9(7-10)1-4-13(12)17-14(18)16-11-5-6-19-8-11/h2-3,7,11,13H,1,4-6,8,15H2,(H2,16,17,18). The van der Waals surface area contributed by atoms with Gasteiger partial charge >= 0.3 is 6.03 Å². The fraction of sp³-hybridized carbons (Fsp3) is 0.500. The number of carbonyl (C=O) groups is 1. The fourth-order valence-electron chi connectivity index (χ4n) is 2.82. The summed E-state index contributed by atoms with van der Waals surface area (Å²) < 4.78 is 5.24. The summed E-state index contributed by atoms with van der Waals surface area (Å²) in [7, 11) is 0. The van der Waals surface area contributed by atoms with Crippen molar-refractivity contribution in [3.05, 3.63) is 29.3 Å². The lowest BCUT2D eigenvalue weighted by Crippen LogP contribution is -2.43. The van der Waals surface area contributed by atoms with Crippen molar-refractivity contribution in [1.29, 1.82) is 0 Å². The van der Waals surface area contributed by atoms with Crippen LogP contribution in [0, 0.1) is 0 Å². The minimum atomic E-state index is -0.106. The van der Waals surface area contributed by atoms with Gasteiger partial charge in [-0.3, -0.25) is 0 Å². The zero-order chi connectivity index (χ0) is 13.2. The molecule has 2 aliphatic rings. The Balaban J connectivity index is 1.61. The minimum Gasteiger partial charge on any atom is -0.399 e. The number of nitrogen functional groups attached to an aromatic ring is 1. The number of benzene rings is 1. The molecule has 2 atom stereocenters. The Bertz CT molecular complexity index is 484. The molecule has 0 radical (unpaired) electrons. The van der Waals surface area contributed by atoms with E-state index in [1.807, 2.05) is 18.2 Å². The zero-order valence-corrected chi connectivity index (χ0v) is 10.8. The maximum atomic E-state index is 11.9. The van der Waals surface area contributed by atoms with Gasteiger partial charge in [-0.2, -0.15) is 0 Å². The highest BCUT2D eigenvalue weighted by molar-refractivity contribution is 5.75. The van der Waals surface area contributed by atoms with E-state index in [1.165, 1.54) is 11.1 Å². The van der Waals surface area contributed by atoms with E-state index < -0.39 is 0 Å².